The van der Waals surface area contributed by atoms with E-state index in [2.05, 4.69) is 30.6 Å². The second-order valence-electron chi connectivity index (χ2n) is 8.13. The zero-order valence-electron chi connectivity index (χ0n) is 16.2. The van der Waals surface area contributed by atoms with Crippen LogP contribution in [-0.4, -0.2) is 65.4 Å². The lowest BCUT2D eigenvalue weighted by molar-refractivity contribution is 0.0337. The van der Waals surface area contributed by atoms with E-state index < -0.39 is 0 Å². The molecule has 142 valence electrons. The average molecular weight is 351 g/mol. The van der Waals surface area contributed by atoms with Crippen LogP contribution in [0.4, 0.5) is 0 Å². The summed E-state index contributed by atoms with van der Waals surface area (Å²) in [7, 11) is 0. The van der Waals surface area contributed by atoms with Crippen LogP contribution in [0.5, 0.6) is 11.5 Å². The molecule has 1 aliphatic heterocycles. The average Bonchev–Trinajstić information content (AvgIpc) is 2.53. The van der Waals surface area contributed by atoms with Gasteiger partial charge in [0.2, 0.25) is 0 Å². The highest BCUT2D eigenvalue weighted by Crippen LogP contribution is 2.31. The minimum Gasteiger partial charge on any atom is -0.504 e. The van der Waals surface area contributed by atoms with Crippen molar-refractivity contribution in [1.82, 2.24) is 9.80 Å². The number of para-hydroxylation sites is 1. The van der Waals surface area contributed by atoms with Gasteiger partial charge < -0.3 is 14.9 Å². The Morgan fingerprint density at radius 3 is 2.64 bits per heavy atom. The summed E-state index contributed by atoms with van der Waals surface area (Å²) in [6, 6.07) is 6.05. The zero-order valence-corrected chi connectivity index (χ0v) is 16.2. The molecule has 5 nitrogen and oxygen atoms in total. The quantitative estimate of drug-likeness (QED) is 0.792. The van der Waals surface area contributed by atoms with Crippen LogP contribution in [0.15, 0.2) is 18.2 Å². The predicted octanol–water partition coefficient (Wildman–Crippen LogP) is 2.71. The van der Waals surface area contributed by atoms with Gasteiger partial charge in [0, 0.05) is 50.9 Å². The van der Waals surface area contributed by atoms with Crippen molar-refractivity contribution in [2.45, 2.75) is 46.7 Å². The van der Waals surface area contributed by atoms with Gasteiger partial charge in [-0.05, 0) is 24.8 Å². The van der Waals surface area contributed by atoms with Crippen LogP contribution < -0.4 is 4.74 Å². The summed E-state index contributed by atoms with van der Waals surface area (Å²) in [5, 5.41) is 19.9. The molecule has 5 heteroatoms. The number of rotatable bonds is 7. The molecule has 25 heavy (non-hydrogen) atoms. The number of benzene rings is 1. The van der Waals surface area contributed by atoms with Crippen LogP contribution in [-0.2, 0) is 6.54 Å². The second-order valence-corrected chi connectivity index (χ2v) is 8.13. The zero-order chi connectivity index (χ0) is 18.4. The van der Waals surface area contributed by atoms with Crippen LogP contribution in [0.2, 0.25) is 0 Å². The van der Waals surface area contributed by atoms with Crippen molar-refractivity contribution in [2.24, 2.45) is 5.41 Å². The van der Waals surface area contributed by atoms with Gasteiger partial charge >= 0.3 is 0 Å². The molecule has 1 saturated heterocycles. The summed E-state index contributed by atoms with van der Waals surface area (Å²) in [6.07, 6.45) is 0.789. The number of ether oxygens (including phenoxy) is 1. The van der Waals surface area contributed by atoms with Crippen molar-refractivity contribution in [3.8, 4) is 11.5 Å². The molecule has 0 spiro atoms. The SMILES string of the molecule is CCOc1cccc(CN2CCN(CC(C)(C)C)[C@@H](CCO)C2)c1O. The van der Waals surface area contributed by atoms with E-state index in [0.29, 0.717) is 24.9 Å². The van der Waals surface area contributed by atoms with Gasteiger partial charge in [-0.25, -0.2) is 0 Å². The predicted molar refractivity (Wildman–Crippen MR) is 101 cm³/mol. The van der Waals surface area contributed by atoms with Gasteiger partial charge in [0.05, 0.1) is 6.61 Å². The summed E-state index contributed by atoms with van der Waals surface area (Å²) in [6.45, 7) is 14.1. The fourth-order valence-corrected chi connectivity index (χ4v) is 3.55. The third-order valence-electron chi connectivity index (χ3n) is 4.60. The lowest BCUT2D eigenvalue weighted by Gasteiger charge is -2.44. The first-order chi connectivity index (χ1) is 11.8. The maximum Gasteiger partial charge on any atom is 0.162 e. The molecule has 1 heterocycles. The van der Waals surface area contributed by atoms with Gasteiger partial charge in [-0.2, -0.15) is 0 Å². The Labute approximate surface area is 152 Å². The highest BCUT2D eigenvalue weighted by molar-refractivity contribution is 5.45. The molecular formula is C20H34N2O3. The van der Waals surface area contributed by atoms with Crippen molar-refractivity contribution in [3.63, 3.8) is 0 Å². The standard InChI is InChI=1S/C20H34N2O3/c1-5-25-18-8-6-7-16(19(18)24)13-21-10-11-22(15-20(2,3)4)17(14-21)9-12-23/h6-8,17,23-24H,5,9-15H2,1-4H3/t17-/m0/s1. The highest BCUT2D eigenvalue weighted by atomic mass is 16.5. The Morgan fingerprint density at radius 1 is 1.24 bits per heavy atom. The van der Waals surface area contributed by atoms with Crippen LogP contribution >= 0.6 is 0 Å². The first kappa shape index (κ1) is 20.0. The van der Waals surface area contributed by atoms with Gasteiger partial charge in [-0.15, -0.1) is 0 Å². The number of hydrogen-bond acceptors (Lipinski definition) is 5. The van der Waals surface area contributed by atoms with Crippen molar-refractivity contribution in [1.29, 1.82) is 0 Å². The first-order valence-corrected chi connectivity index (χ1v) is 9.35. The molecule has 0 saturated carbocycles. The molecule has 0 bridgehead atoms. The molecule has 1 aliphatic rings. The molecule has 1 aromatic carbocycles. The molecular weight excluding hydrogens is 316 g/mol. The number of aliphatic hydroxyl groups is 1. The fraction of sp³-hybridized carbons (Fsp3) is 0.700. The van der Waals surface area contributed by atoms with Crippen molar-refractivity contribution >= 4 is 0 Å². The van der Waals surface area contributed by atoms with E-state index >= 15 is 0 Å². The summed E-state index contributed by atoms with van der Waals surface area (Å²) >= 11 is 0. The Hall–Kier alpha value is -1.30. The number of phenolic OH excluding ortho intramolecular Hbond substituents is 1. The summed E-state index contributed by atoms with van der Waals surface area (Å²) in [4.78, 5) is 4.87. The van der Waals surface area contributed by atoms with E-state index in [-0.39, 0.29) is 17.8 Å². The number of piperazine rings is 1. The van der Waals surface area contributed by atoms with E-state index in [9.17, 15) is 10.2 Å². The normalized spacial score (nSPS) is 20.0. The molecule has 1 fully saturated rings. The third kappa shape index (κ3) is 5.87. The Bertz CT molecular complexity index is 542. The van der Waals surface area contributed by atoms with E-state index in [1.807, 2.05) is 19.1 Å². The largest absolute Gasteiger partial charge is 0.504 e. The van der Waals surface area contributed by atoms with Crippen LogP contribution in [0.25, 0.3) is 0 Å². The number of hydrogen-bond donors (Lipinski definition) is 2. The lowest BCUT2D eigenvalue weighted by atomic mass is 9.94. The summed E-state index contributed by atoms with van der Waals surface area (Å²) in [5.74, 6) is 0.804. The van der Waals surface area contributed by atoms with E-state index in [4.69, 9.17) is 4.74 Å². The molecule has 0 aliphatic carbocycles. The molecule has 0 amide bonds. The fourth-order valence-electron chi connectivity index (χ4n) is 3.55. The minimum absolute atomic E-state index is 0.213. The molecule has 1 atom stereocenters. The highest BCUT2D eigenvalue weighted by Gasteiger charge is 2.29. The van der Waals surface area contributed by atoms with E-state index in [1.54, 1.807) is 6.07 Å². The maximum atomic E-state index is 10.4. The first-order valence-electron chi connectivity index (χ1n) is 9.35. The lowest BCUT2D eigenvalue weighted by Crippen LogP contribution is -2.54. The van der Waals surface area contributed by atoms with Gasteiger partial charge in [-0.1, -0.05) is 32.9 Å². The van der Waals surface area contributed by atoms with Crippen LogP contribution in [0.1, 0.15) is 39.7 Å². The topological polar surface area (TPSA) is 56.2 Å². The molecule has 0 aromatic heterocycles. The molecule has 0 unspecified atom stereocenters. The van der Waals surface area contributed by atoms with Gasteiger partial charge in [-0.3, -0.25) is 9.80 Å². The van der Waals surface area contributed by atoms with Crippen LogP contribution in [0, 0.1) is 5.41 Å². The Balaban J connectivity index is 2.04. The van der Waals surface area contributed by atoms with Crippen molar-refractivity contribution in [2.75, 3.05) is 39.4 Å². The van der Waals surface area contributed by atoms with Crippen molar-refractivity contribution in [3.05, 3.63) is 23.8 Å². The van der Waals surface area contributed by atoms with Crippen molar-refractivity contribution < 1.29 is 14.9 Å². The second kappa shape index (κ2) is 8.88. The van der Waals surface area contributed by atoms with E-state index in [0.717, 1.165) is 38.2 Å². The number of aliphatic hydroxyl groups excluding tert-OH is 1. The maximum absolute atomic E-state index is 10.4. The molecule has 0 radical (unpaired) electrons. The molecule has 2 N–H and O–H groups in total. The van der Waals surface area contributed by atoms with Gasteiger partial charge in [0.15, 0.2) is 11.5 Å². The molecule has 2 rings (SSSR count). The Kier molecular flexibility index (Phi) is 7.11. The van der Waals surface area contributed by atoms with E-state index in [1.165, 1.54) is 0 Å². The van der Waals surface area contributed by atoms with Gasteiger partial charge in [0.1, 0.15) is 0 Å². The molecule has 1 aromatic rings. The van der Waals surface area contributed by atoms with Crippen LogP contribution in [0.3, 0.4) is 0 Å². The summed E-state index contributed by atoms with van der Waals surface area (Å²) in [5.41, 5.74) is 1.15. The number of nitrogens with zero attached hydrogens (tertiary/aromatic N) is 2. The monoisotopic (exact) mass is 350 g/mol. The smallest absolute Gasteiger partial charge is 0.162 e. The minimum atomic E-state index is 0.213. The Morgan fingerprint density at radius 2 is 2.00 bits per heavy atom. The third-order valence-corrected chi connectivity index (χ3v) is 4.60. The number of phenols is 1. The van der Waals surface area contributed by atoms with Gasteiger partial charge in [0.25, 0.3) is 0 Å². The summed E-state index contributed by atoms with van der Waals surface area (Å²) < 4.78 is 5.49. The number of aromatic hydroxyl groups is 1.